The highest BCUT2D eigenvalue weighted by atomic mass is 35.5. The van der Waals surface area contributed by atoms with Crippen LogP contribution in [0.4, 0.5) is 5.69 Å². The predicted octanol–water partition coefficient (Wildman–Crippen LogP) is 7.71. The molecular weight excluding hydrogens is 665 g/mol. The molecule has 0 radical (unpaired) electrons. The zero-order valence-electron chi connectivity index (χ0n) is 25.6. The fraction of sp³-hybridized carbons (Fsp3) is 0.257. The van der Waals surface area contributed by atoms with Gasteiger partial charge in [0.05, 0.1) is 20.6 Å². The van der Waals surface area contributed by atoms with Crippen molar-refractivity contribution in [3.63, 3.8) is 0 Å². The van der Waals surface area contributed by atoms with Gasteiger partial charge >= 0.3 is 0 Å². The maximum absolute atomic E-state index is 14.5. The lowest BCUT2D eigenvalue weighted by molar-refractivity contribution is -0.140. The molecule has 4 rings (SSSR count). The number of aryl methyl sites for hydroxylation is 1. The van der Waals surface area contributed by atoms with E-state index >= 15 is 0 Å². The summed E-state index contributed by atoms with van der Waals surface area (Å²) < 4.78 is 29.3. The molecule has 0 saturated carbocycles. The number of halogens is 3. The van der Waals surface area contributed by atoms with E-state index in [9.17, 15) is 18.0 Å². The molecule has 1 N–H and O–H groups in total. The largest absolute Gasteiger partial charge is 0.354 e. The van der Waals surface area contributed by atoms with Crippen molar-refractivity contribution in [1.82, 2.24) is 10.2 Å². The van der Waals surface area contributed by atoms with Gasteiger partial charge in [-0.05, 0) is 66.9 Å². The number of carbonyl (C=O) groups excluding carboxylic acids is 2. The molecule has 0 aromatic heterocycles. The van der Waals surface area contributed by atoms with E-state index in [4.69, 9.17) is 34.8 Å². The van der Waals surface area contributed by atoms with Gasteiger partial charge in [-0.2, -0.15) is 0 Å². The van der Waals surface area contributed by atoms with Gasteiger partial charge < -0.3 is 10.2 Å². The minimum absolute atomic E-state index is 0.00323. The van der Waals surface area contributed by atoms with Gasteiger partial charge in [0.15, 0.2) is 0 Å². The molecule has 0 aliphatic carbocycles. The Kier molecular flexibility index (Phi) is 12.5. The van der Waals surface area contributed by atoms with E-state index in [1.807, 2.05) is 44.2 Å². The van der Waals surface area contributed by atoms with E-state index in [1.165, 1.54) is 35.2 Å². The molecule has 0 aliphatic heterocycles. The van der Waals surface area contributed by atoms with Crippen LogP contribution in [0.15, 0.2) is 102 Å². The van der Waals surface area contributed by atoms with Crippen LogP contribution in [0.1, 0.15) is 36.5 Å². The number of nitrogens with zero attached hydrogens (tertiary/aromatic N) is 2. The third-order valence-electron chi connectivity index (χ3n) is 7.42. The Balaban J connectivity index is 1.81. The molecule has 46 heavy (non-hydrogen) atoms. The van der Waals surface area contributed by atoms with Crippen LogP contribution in [0, 0.1) is 6.92 Å². The lowest BCUT2D eigenvalue weighted by atomic mass is 10.0. The maximum Gasteiger partial charge on any atom is 0.264 e. The zero-order valence-corrected chi connectivity index (χ0v) is 28.7. The number of anilines is 1. The van der Waals surface area contributed by atoms with Crippen LogP contribution in [0.25, 0.3) is 0 Å². The van der Waals surface area contributed by atoms with Crippen LogP contribution in [0.2, 0.25) is 15.1 Å². The Morgan fingerprint density at radius 3 is 2.17 bits per heavy atom. The predicted molar refractivity (Wildman–Crippen MR) is 186 cm³/mol. The highest BCUT2D eigenvalue weighted by Gasteiger charge is 2.34. The number of amides is 2. The second kappa shape index (κ2) is 16.3. The number of hydrogen-bond acceptors (Lipinski definition) is 4. The number of rotatable bonds is 14. The van der Waals surface area contributed by atoms with E-state index in [-0.39, 0.29) is 39.5 Å². The number of benzene rings is 4. The van der Waals surface area contributed by atoms with Gasteiger partial charge in [0, 0.05) is 24.5 Å². The van der Waals surface area contributed by atoms with Gasteiger partial charge in [-0.3, -0.25) is 13.9 Å². The van der Waals surface area contributed by atoms with E-state index in [0.29, 0.717) is 17.1 Å². The average Bonchev–Trinajstić information content (AvgIpc) is 3.03. The molecule has 1 atom stereocenters. The SMILES string of the molecule is CCCCNC(=O)C(Cc1ccccc1)N(Cc1cccc(Cl)c1)C(=O)CN(c1ccc(Cl)c(Cl)c1)S(=O)(=O)c1ccc(C)cc1. The third-order valence-corrected chi connectivity index (χ3v) is 10.2. The number of carbonyl (C=O) groups is 2. The first kappa shape index (κ1) is 35.3. The van der Waals surface area contributed by atoms with Crippen molar-refractivity contribution in [3.05, 3.63) is 129 Å². The molecule has 2 amide bonds. The first-order valence-corrected chi connectivity index (χ1v) is 17.5. The van der Waals surface area contributed by atoms with Crippen LogP contribution in [0.5, 0.6) is 0 Å². The fourth-order valence-electron chi connectivity index (χ4n) is 4.90. The van der Waals surface area contributed by atoms with Gasteiger partial charge in [-0.15, -0.1) is 0 Å². The summed E-state index contributed by atoms with van der Waals surface area (Å²) in [4.78, 5) is 29.8. The molecular formula is C35H36Cl3N3O4S. The Bertz CT molecular complexity index is 1750. The van der Waals surface area contributed by atoms with Crippen molar-refractivity contribution < 1.29 is 18.0 Å². The summed E-state index contributed by atoms with van der Waals surface area (Å²) in [5.74, 6) is -0.927. The summed E-state index contributed by atoms with van der Waals surface area (Å²) in [5.41, 5.74) is 2.55. The lowest BCUT2D eigenvalue weighted by Gasteiger charge is -2.34. The summed E-state index contributed by atoms with van der Waals surface area (Å²) in [6.45, 7) is 3.72. The smallest absolute Gasteiger partial charge is 0.264 e. The van der Waals surface area contributed by atoms with Crippen molar-refractivity contribution in [1.29, 1.82) is 0 Å². The monoisotopic (exact) mass is 699 g/mol. The van der Waals surface area contributed by atoms with Gasteiger partial charge in [0.1, 0.15) is 12.6 Å². The Morgan fingerprint density at radius 2 is 1.52 bits per heavy atom. The summed E-state index contributed by atoms with van der Waals surface area (Å²) >= 11 is 18.8. The fourth-order valence-corrected chi connectivity index (χ4v) is 6.81. The van der Waals surface area contributed by atoms with Gasteiger partial charge in [0.25, 0.3) is 10.0 Å². The minimum Gasteiger partial charge on any atom is -0.354 e. The van der Waals surface area contributed by atoms with Crippen LogP contribution in [0.3, 0.4) is 0 Å². The van der Waals surface area contributed by atoms with Crippen molar-refractivity contribution >= 4 is 62.3 Å². The quantitative estimate of drug-likeness (QED) is 0.137. The number of nitrogens with one attached hydrogen (secondary N) is 1. The second-order valence-electron chi connectivity index (χ2n) is 10.9. The second-order valence-corrected chi connectivity index (χ2v) is 14.0. The van der Waals surface area contributed by atoms with Crippen LogP contribution >= 0.6 is 34.8 Å². The van der Waals surface area contributed by atoms with E-state index < -0.39 is 28.5 Å². The van der Waals surface area contributed by atoms with Gasteiger partial charge in [-0.25, -0.2) is 8.42 Å². The third kappa shape index (κ3) is 9.26. The topological polar surface area (TPSA) is 86.8 Å². The molecule has 11 heteroatoms. The maximum atomic E-state index is 14.5. The molecule has 0 spiro atoms. The highest BCUT2D eigenvalue weighted by Crippen LogP contribution is 2.31. The first-order chi connectivity index (χ1) is 22.0. The zero-order chi connectivity index (χ0) is 33.3. The summed E-state index contributed by atoms with van der Waals surface area (Å²) in [6.07, 6.45) is 1.86. The molecule has 4 aromatic rings. The van der Waals surface area contributed by atoms with E-state index in [2.05, 4.69) is 5.32 Å². The van der Waals surface area contributed by atoms with Crippen molar-refractivity contribution in [3.8, 4) is 0 Å². The van der Waals surface area contributed by atoms with E-state index in [0.717, 1.165) is 28.3 Å². The highest BCUT2D eigenvalue weighted by molar-refractivity contribution is 7.92. The standard InChI is InChI=1S/C35H36Cl3N3O4S/c1-3-4-19-39-35(43)33(21-26-9-6-5-7-10-26)40(23-27-11-8-12-28(36)20-27)34(42)24-41(29-15-18-31(37)32(38)22-29)46(44,45)30-16-13-25(2)14-17-30/h5-18,20,22,33H,3-4,19,21,23-24H2,1-2H3,(H,39,43). The summed E-state index contributed by atoms with van der Waals surface area (Å²) in [5, 5.41) is 3.81. The van der Waals surface area contributed by atoms with E-state index in [1.54, 1.807) is 36.4 Å². The average molecular weight is 701 g/mol. The van der Waals surface area contributed by atoms with Crippen molar-refractivity contribution in [2.75, 3.05) is 17.4 Å². The van der Waals surface area contributed by atoms with Gasteiger partial charge in [0.2, 0.25) is 11.8 Å². The van der Waals surface area contributed by atoms with Crippen LogP contribution in [-0.2, 0) is 32.6 Å². The Hall–Kier alpha value is -3.56. The van der Waals surface area contributed by atoms with Crippen molar-refractivity contribution in [2.45, 2.75) is 50.6 Å². The molecule has 0 saturated heterocycles. The lowest BCUT2D eigenvalue weighted by Crippen LogP contribution is -2.53. The summed E-state index contributed by atoms with van der Waals surface area (Å²) in [7, 11) is -4.27. The minimum atomic E-state index is -4.27. The molecule has 0 fully saturated rings. The molecule has 4 aromatic carbocycles. The van der Waals surface area contributed by atoms with Crippen LogP contribution < -0.4 is 9.62 Å². The normalized spacial score (nSPS) is 11.9. The molecule has 7 nitrogen and oxygen atoms in total. The van der Waals surface area contributed by atoms with Crippen molar-refractivity contribution in [2.24, 2.45) is 0 Å². The van der Waals surface area contributed by atoms with Gasteiger partial charge in [-0.1, -0.05) is 108 Å². The Morgan fingerprint density at radius 1 is 0.826 bits per heavy atom. The molecule has 0 aliphatic rings. The first-order valence-electron chi connectivity index (χ1n) is 14.9. The molecule has 0 heterocycles. The number of sulfonamides is 1. The number of unbranched alkanes of at least 4 members (excludes halogenated alkanes) is 1. The van der Waals surface area contributed by atoms with Crippen LogP contribution in [-0.4, -0.2) is 44.3 Å². The molecule has 242 valence electrons. The number of hydrogen-bond donors (Lipinski definition) is 1. The molecule has 0 bridgehead atoms. The Labute approximate surface area is 286 Å². The summed E-state index contributed by atoms with van der Waals surface area (Å²) in [6, 6.07) is 26.2. The molecule has 1 unspecified atom stereocenters.